The maximum absolute atomic E-state index is 11.9. The second kappa shape index (κ2) is 5.90. The van der Waals surface area contributed by atoms with Gasteiger partial charge in [0.15, 0.2) is 6.61 Å². The van der Waals surface area contributed by atoms with Gasteiger partial charge in [-0.25, -0.2) is 9.59 Å². The van der Waals surface area contributed by atoms with Crippen LogP contribution in [0.1, 0.15) is 0 Å². The highest BCUT2D eigenvalue weighted by molar-refractivity contribution is 5.94. The van der Waals surface area contributed by atoms with Crippen molar-refractivity contribution in [2.75, 3.05) is 29.9 Å². The van der Waals surface area contributed by atoms with Gasteiger partial charge in [-0.05, 0) is 24.3 Å². The van der Waals surface area contributed by atoms with Gasteiger partial charge < -0.3 is 10.1 Å². The van der Waals surface area contributed by atoms with E-state index in [4.69, 9.17) is 0 Å². The Morgan fingerprint density at radius 2 is 2.00 bits per heavy atom. The summed E-state index contributed by atoms with van der Waals surface area (Å²) in [6, 6.07) is 5.86. The van der Waals surface area contributed by atoms with Crippen molar-refractivity contribution < 1.29 is 27.5 Å². The van der Waals surface area contributed by atoms with Crippen molar-refractivity contribution >= 4 is 23.5 Å². The summed E-state index contributed by atoms with van der Waals surface area (Å²) < 4.78 is 39.6. The molecule has 1 aromatic rings. The summed E-state index contributed by atoms with van der Waals surface area (Å²) in [5.74, 6) is 0. The molecule has 1 fully saturated rings. The molecule has 1 aromatic carbocycles. The normalized spacial score (nSPS) is 14.8. The van der Waals surface area contributed by atoms with Crippen molar-refractivity contribution in [3.05, 3.63) is 24.3 Å². The number of amides is 3. The van der Waals surface area contributed by atoms with E-state index in [-0.39, 0.29) is 11.7 Å². The van der Waals surface area contributed by atoms with E-state index in [9.17, 15) is 22.8 Å². The molecule has 1 aliphatic rings. The van der Waals surface area contributed by atoms with Gasteiger partial charge in [0.05, 0.1) is 0 Å². The molecular formula is C12H12F3N3O3. The molecule has 0 saturated carbocycles. The fourth-order valence-electron chi connectivity index (χ4n) is 1.74. The number of urea groups is 1. The maximum Gasteiger partial charge on any atom is 0.422 e. The van der Waals surface area contributed by atoms with Gasteiger partial charge in [0.1, 0.15) is 0 Å². The summed E-state index contributed by atoms with van der Waals surface area (Å²) >= 11 is 0. The molecule has 0 unspecified atom stereocenters. The highest BCUT2D eigenvalue weighted by atomic mass is 19.4. The summed E-state index contributed by atoms with van der Waals surface area (Å²) in [5, 5.41) is 4.80. The number of benzene rings is 1. The molecule has 1 heterocycles. The van der Waals surface area contributed by atoms with E-state index in [1.165, 1.54) is 17.0 Å². The third-order valence-electron chi connectivity index (χ3n) is 2.65. The van der Waals surface area contributed by atoms with Crippen LogP contribution in [0.25, 0.3) is 0 Å². The number of rotatable bonds is 3. The largest absolute Gasteiger partial charge is 0.440 e. The fourth-order valence-corrected chi connectivity index (χ4v) is 1.74. The zero-order valence-electron chi connectivity index (χ0n) is 10.7. The number of hydrogen-bond acceptors (Lipinski definition) is 3. The molecule has 1 aliphatic heterocycles. The molecule has 0 atom stereocenters. The van der Waals surface area contributed by atoms with Crippen LogP contribution in [0.15, 0.2) is 24.3 Å². The number of ether oxygens (including phenoxy) is 1. The Labute approximate surface area is 117 Å². The average Bonchev–Trinajstić information content (AvgIpc) is 2.83. The van der Waals surface area contributed by atoms with Gasteiger partial charge in [-0.3, -0.25) is 10.2 Å². The van der Waals surface area contributed by atoms with Gasteiger partial charge in [0, 0.05) is 24.5 Å². The van der Waals surface area contributed by atoms with E-state index >= 15 is 0 Å². The minimum absolute atomic E-state index is 0.222. The van der Waals surface area contributed by atoms with E-state index in [2.05, 4.69) is 15.4 Å². The van der Waals surface area contributed by atoms with Gasteiger partial charge in [0.25, 0.3) is 0 Å². The van der Waals surface area contributed by atoms with Crippen molar-refractivity contribution in [2.45, 2.75) is 6.18 Å². The zero-order valence-corrected chi connectivity index (χ0v) is 10.7. The van der Waals surface area contributed by atoms with E-state index in [0.29, 0.717) is 18.8 Å². The van der Waals surface area contributed by atoms with Crippen molar-refractivity contribution in [3.8, 4) is 0 Å². The molecule has 0 spiro atoms. The number of nitrogens with one attached hydrogen (secondary N) is 2. The molecule has 0 radical (unpaired) electrons. The number of alkyl halides is 3. The molecule has 0 bridgehead atoms. The average molecular weight is 303 g/mol. The number of carbonyl (C=O) groups excluding carboxylic acids is 2. The lowest BCUT2D eigenvalue weighted by Crippen LogP contribution is -2.27. The summed E-state index contributed by atoms with van der Waals surface area (Å²) in [4.78, 5) is 24.1. The molecule has 1 saturated heterocycles. The number of hydrogen-bond donors (Lipinski definition) is 2. The van der Waals surface area contributed by atoms with Gasteiger partial charge >= 0.3 is 18.3 Å². The number of nitrogens with zero attached hydrogens (tertiary/aromatic N) is 1. The van der Waals surface area contributed by atoms with Gasteiger partial charge in [-0.15, -0.1) is 0 Å². The van der Waals surface area contributed by atoms with Crippen LogP contribution in [0.4, 0.5) is 34.1 Å². The van der Waals surface area contributed by atoms with Gasteiger partial charge in [-0.2, -0.15) is 13.2 Å². The van der Waals surface area contributed by atoms with Crippen LogP contribution in [-0.4, -0.2) is 38.0 Å². The van der Waals surface area contributed by atoms with E-state index in [0.717, 1.165) is 0 Å². The van der Waals surface area contributed by atoms with Crippen molar-refractivity contribution in [2.24, 2.45) is 0 Å². The zero-order chi connectivity index (χ0) is 15.5. The predicted molar refractivity (Wildman–Crippen MR) is 68.2 cm³/mol. The lowest BCUT2D eigenvalue weighted by molar-refractivity contribution is -0.159. The molecule has 2 N–H and O–H groups in total. The van der Waals surface area contributed by atoms with Gasteiger partial charge in [0.2, 0.25) is 0 Å². The summed E-state index contributed by atoms with van der Waals surface area (Å²) in [7, 11) is 0. The Morgan fingerprint density at radius 1 is 1.33 bits per heavy atom. The van der Waals surface area contributed by atoms with Gasteiger partial charge in [-0.1, -0.05) is 0 Å². The standard InChI is InChI=1S/C12H12F3N3O3/c13-12(14,15)7-21-11(20)17-8-1-3-9(4-2-8)18-6-5-16-10(18)19/h1-4H,5-7H2,(H,16,19)(H,17,20). The molecule has 2 rings (SSSR count). The summed E-state index contributed by atoms with van der Waals surface area (Å²) in [6.07, 6.45) is -5.76. The SMILES string of the molecule is O=C(Nc1ccc(N2CCNC2=O)cc1)OCC(F)(F)F. The van der Waals surface area contributed by atoms with Crippen LogP contribution in [0.2, 0.25) is 0 Å². The first kappa shape index (κ1) is 14.9. The van der Waals surface area contributed by atoms with E-state index in [1.54, 1.807) is 12.1 Å². The van der Waals surface area contributed by atoms with Crippen LogP contribution in [-0.2, 0) is 4.74 Å². The fraction of sp³-hybridized carbons (Fsp3) is 0.333. The monoisotopic (exact) mass is 303 g/mol. The smallest absolute Gasteiger partial charge is 0.422 e. The van der Waals surface area contributed by atoms with Crippen LogP contribution < -0.4 is 15.5 Å². The molecule has 0 aliphatic carbocycles. The molecule has 9 heteroatoms. The minimum Gasteiger partial charge on any atom is -0.440 e. The second-order valence-electron chi connectivity index (χ2n) is 4.25. The second-order valence-corrected chi connectivity index (χ2v) is 4.25. The first-order chi connectivity index (χ1) is 9.85. The van der Waals surface area contributed by atoms with Crippen LogP contribution in [0, 0.1) is 0 Å². The Balaban J connectivity index is 1.90. The lowest BCUT2D eigenvalue weighted by atomic mass is 10.2. The lowest BCUT2D eigenvalue weighted by Gasteiger charge is -2.14. The predicted octanol–water partition coefficient (Wildman–Crippen LogP) is 2.33. The first-order valence-electron chi connectivity index (χ1n) is 6.01. The van der Waals surface area contributed by atoms with Crippen molar-refractivity contribution in [3.63, 3.8) is 0 Å². The molecule has 3 amide bonds. The molecule has 114 valence electrons. The Hall–Kier alpha value is -2.45. The Morgan fingerprint density at radius 3 is 2.52 bits per heavy atom. The number of anilines is 2. The highest BCUT2D eigenvalue weighted by Gasteiger charge is 2.29. The van der Waals surface area contributed by atoms with E-state index in [1.807, 2.05) is 0 Å². The Bertz CT molecular complexity index is 531. The maximum atomic E-state index is 11.9. The molecule has 6 nitrogen and oxygen atoms in total. The van der Waals surface area contributed by atoms with Crippen molar-refractivity contribution in [1.82, 2.24) is 5.32 Å². The van der Waals surface area contributed by atoms with Crippen LogP contribution in [0.3, 0.4) is 0 Å². The number of carbonyl (C=O) groups is 2. The Kier molecular flexibility index (Phi) is 4.20. The first-order valence-corrected chi connectivity index (χ1v) is 6.01. The summed E-state index contributed by atoms with van der Waals surface area (Å²) in [6.45, 7) is -0.577. The third-order valence-corrected chi connectivity index (χ3v) is 2.65. The quantitative estimate of drug-likeness (QED) is 0.900. The van der Waals surface area contributed by atoms with Crippen LogP contribution in [0.5, 0.6) is 0 Å². The summed E-state index contributed by atoms with van der Waals surface area (Å²) in [5.41, 5.74) is 0.893. The molecule has 0 aromatic heterocycles. The third kappa shape index (κ3) is 4.26. The van der Waals surface area contributed by atoms with E-state index < -0.39 is 18.9 Å². The highest BCUT2D eigenvalue weighted by Crippen LogP contribution is 2.20. The molecule has 21 heavy (non-hydrogen) atoms. The van der Waals surface area contributed by atoms with Crippen molar-refractivity contribution in [1.29, 1.82) is 0 Å². The van der Waals surface area contributed by atoms with Crippen LogP contribution >= 0.6 is 0 Å². The minimum atomic E-state index is -4.57. The number of halogens is 3. The topological polar surface area (TPSA) is 70.7 Å². The molecular weight excluding hydrogens is 291 g/mol.